The molecule has 2 aromatic rings. The normalized spacial score (nSPS) is 12.1. The van der Waals surface area contributed by atoms with Crippen LogP contribution in [0.3, 0.4) is 0 Å². The highest BCUT2D eigenvalue weighted by Gasteiger charge is 2.05. The zero-order valence-electron chi connectivity index (χ0n) is 10.1. The van der Waals surface area contributed by atoms with Crippen LogP contribution in [-0.4, -0.2) is 16.0 Å². The quantitative estimate of drug-likeness (QED) is 0.868. The third-order valence-electron chi connectivity index (χ3n) is 2.52. The van der Waals surface area contributed by atoms with Crippen LogP contribution in [0.25, 0.3) is 0 Å². The van der Waals surface area contributed by atoms with E-state index in [9.17, 15) is 4.39 Å². The Morgan fingerprint density at radius 2 is 2.00 bits per heavy atom. The van der Waals surface area contributed by atoms with Crippen LogP contribution >= 0.6 is 0 Å². The summed E-state index contributed by atoms with van der Waals surface area (Å²) >= 11 is 0. The van der Waals surface area contributed by atoms with Crippen molar-refractivity contribution in [3.05, 3.63) is 47.9 Å². The van der Waals surface area contributed by atoms with Crippen molar-refractivity contribution >= 4 is 11.8 Å². The van der Waals surface area contributed by atoms with Gasteiger partial charge in [-0.2, -0.15) is 4.98 Å². The SMILES string of the molecule is CC(Cc1ccc(F)cc1)Nc1ccnc(N)n1. The summed E-state index contributed by atoms with van der Waals surface area (Å²) in [5.74, 6) is 0.717. The fourth-order valence-corrected chi connectivity index (χ4v) is 1.73. The summed E-state index contributed by atoms with van der Waals surface area (Å²) in [7, 11) is 0. The van der Waals surface area contributed by atoms with Gasteiger partial charge in [-0.05, 0) is 37.1 Å². The Labute approximate surface area is 105 Å². The molecule has 4 nitrogen and oxygen atoms in total. The molecular formula is C13H15FN4. The van der Waals surface area contributed by atoms with Crippen molar-refractivity contribution in [2.24, 2.45) is 0 Å². The zero-order valence-corrected chi connectivity index (χ0v) is 10.1. The van der Waals surface area contributed by atoms with Crippen LogP contribution in [0.15, 0.2) is 36.5 Å². The second-order valence-electron chi connectivity index (χ2n) is 4.18. The first-order chi connectivity index (χ1) is 8.63. The van der Waals surface area contributed by atoms with E-state index in [0.717, 1.165) is 12.0 Å². The van der Waals surface area contributed by atoms with Crippen molar-refractivity contribution in [1.82, 2.24) is 9.97 Å². The highest BCUT2D eigenvalue weighted by Crippen LogP contribution is 2.10. The minimum absolute atomic E-state index is 0.171. The monoisotopic (exact) mass is 246 g/mol. The number of anilines is 2. The lowest BCUT2D eigenvalue weighted by molar-refractivity contribution is 0.626. The topological polar surface area (TPSA) is 63.8 Å². The smallest absolute Gasteiger partial charge is 0.221 e. The van der Waals surface area contributed by atoms with Gasteiger partial charge in [-0.1, -0.05) is 12.1 Å². The fraction of sp³-hybridized carbons (Fsp3) is 0.231. The van der Waals surface area contributed by atoms with Gasteiger partial charge in [-0.25, -0.2) is 9.37 Å². The Morgan fingerprint density at radius 1 is 1.28 bits per heavy atom. The number of nitrogens with zero attached hydrogens (tertiary/aromatic N) is 2. The van der Waals surface area contributed by atoms with Gasteiger partial charge >= 0.3 is 0 Å². The molecule has 0 aliphatic heterocycles. The molecule has 0 radical (unpaired) electrons. The van der Waals surface area contributed by atoms with Gasteiger partial charge in [-0.15, -0.1) is 0 Å². The maximum absolute atomic E-state index is 12.8. The predicted octanol–water partition coefficient (Wildman–Crippen LogP) is 2.24. The summed E-state index contributed by atoms with van der Waals surface area (Å²) in [4.78, 5) is 7.89. The number of aromatic nitrogens is 2. The summed E-state index contributed by atoms with van der Waals surface area (Å²) in [6, 6.07) is 8.42. The number of nitrogen functional groups attached to an aromatic ring is 1. The Hall–Kier alpha value is -2.17. The second kappa shape index (κ2) is 5.44. The second-order valence-corrected chi connectivity index (χ2v) is 4.18. The Bertz CT molecular complexity index is 513. The van der Waals surface area contributed by atoms with Gasteiger partial charge < -0.3 is 11.1 Å². The summed E-state index contributed by atoms with van der Waals surface area (Å²) < 4.78 is 12.8. The molecule has 94 valence electrons. The Morgan fingerprint density at radius 3 is 2.67 bits per heavy atom. The molecule has 1 atom stereocenters. The molecule has 0 bridgehead atoms. The Balaban J connectivity index is 1.96. The van der Waals surface area contributed by atoms with Crippen molar-refractivity contribution in [1.29, 1.82) is 0 Å². The van der Waals surface area contributed by atoms with Crippen LogP contribution < -0.4 is 11.1 Å². The van der Waals surface area contributed by atoms with E-state index in [1.54, 1.807) is 24.4 Å². The molecule has 5 heteroatoms. The van der Waals surface area contributed by atoms with Gasteiger partial charge in [0.05, 0.1) is 0 Å². The van der Waals surface area contributed by atoms with Gasteiger partial charge in [0.15, 0.2) is 0 Å². The number of nitrogens with one attached hydrogen (secondary N) is 1. The highest BCUT2D eigenvalue weighted by molar-refractivity contribution is 5.38. The molecule has 1 aromatic heterocycles. The number of nitrogens with two attached hydrogens (primary N) is 1. The van der Waals surface area contributed by atoms with Gasteiger partial charge in [0, 0.05) is 12.2 Å². The van der Waals surface area contributed by atoms with Gasteiger partial charge in [0.25, 0.3) is 0 Å². The van der Waals surface area contributed by atoms with Crippen LogP contribution in [0.4, 0.5) is 16.2 Å². The molecule has 2 rings (SSSR count). The average molecular weight is 246 g/mol. The number of hydrogen-bond acceptors (Lipinski definition) is 4. The molecule has 0 aliphatic carbocycles. The van der Waals surface area contributed by atoms with E-state index in [4.69, 9.17) is 5.73 Å². The molecule has 3 N–H and O–H groups in total. The molecule has 0 amide bonds. The van der Waals surface area contributed by atoms with Crippen LogP contribution in [0.1, 0.15) is 12.5 Å². The number of benzene rings is 1. The lowest BCUT2D eigenvalue weighted by Gasteiger charge is -2.14. The van der Waals surface area contributed by atoms with Crippen molar-refractivity contribution in [2.75, 3.05) is 11.1 Å². The number of hydrogen-bond donors (Lipinski definition) is 2. The molecule has 18 heavy (non-hydrogen) atoms. The standard InChI is InChI=1S/C13H15FN4/c1-9(8-10-2-4-11(14)5-3-10)17-12-6-7-16-13(15)18-12/h2-7,9H,8H2,1H3,(H3,15,16,17,18). The molecule has 0 saturated heterocycles. The lowest BCUT2D eigenvalue weighted by Crippen LogP contribution is -2.19. The lowest BCUT2D eigenvalue weighted by atomic mass is 10.1. The van der Waals surface area contributed by atoms with E-state index in [2.05, 4.69) is 15.3 Å². The first kappa shape index (κ1) is 12.3. The minimum atomic E-state index is -0.220. The molecule has 1 heterocycles. The van der Waals surface area contributed by atoms with Crippen LogP contribution in [0, 0.1) is 5.82 Å². The first-order valence-corrected chi connectivity index (χ1v) is 5.73. The van der Waals surface area contributed by atoms with Crippen molar-refractivity contribution in [3.8, 4) is 0 Å². The van der Waals surface area contributed by atoms with Crippen LogP contribution in [0.5, 0.6) is 0 Å². The van der Waals surface area contributed by atoms with Crippen LogP contribution in [0.2, 0.25) is 0 Å². The average Bonchev–Trinajstić information content (AvgIpc) is 2.32. The van der Waals surface area contributed by atoms with Crippen molar-refractivity contribution in [3.63, 3.8) is 0 Å². The van der Waals surface area contributed by atoms with E-state index in [-0.39, 0.29) is 17.8 Å². The summed E-state index contributed by atoms with van der Waals surface area (Å²) in [6.07, 6.45) is 2.39. The maximum atomic E-state index is 12.8. The van der Waals surface area contributed by atoms with Crippen molar-refractivity contribution < 1.29 is 4.39 Å². The van der Waals surface area contributed by atoms with E-state index >= 15 is 0 Å². The molecule has 0 saturated carbocycles. The third kappa shape index (κ3) is 3.41. The van der Waals surface area contributed by atoms with E-state index in [0.29, 0.717) is 5.82 Å². The highest BCUT2D eigenvalue weighted by atomic mass is 19.1. The van der Waals surface area contributed by atoms with E-state index in [1.165, 1.54) is 12.1 Å². The van der Waals surface area contributed by atoms with E-state index < -0.39 is 0 Å². The largest absolute Gasteiger partial charge is 0.368 e. The molecule has 0 fully saturated rings. The summed E-state index contributed by atoms with van der Waals surface area (Å²) in [6.45, 7) is 2.03. The first-order valence-electron chi connectivity index (χ1n) is 5.73. The third-order valence-corrected chi connectivity index (χ3v) is 2.52. The molecule has 0 aliphatic rings. The molecule has 0 spiro atoms. The van der Waals surface area contributed by atoms with Gasteiger partial charge in [0.1, 0.15) is 11.6 Å². The molecule has 1 unspecified atom stereocenters. The number of rotatable bonds is 4. The predicted molar refractivity (Wildman–Crippen MR) is 69.6 cm³/mol. The summed E-state index contributed by atoms with van der Waals surface area (Å²) in [5.41, 5.74) is 6.57. The van der Waals surface area contributed by atoms with Crippen LogP contribution in [-0.2, 0) is 6.42 Å². The Kier molecular flexibility index (Phi) is 3.72. The van der Waals surface area contributed by atoms with Gasteiger partial charge in [-0.3, -0.25) is 0 Å². The summed E-state index contributed by atoms with van der Waals surface area (Å²) in [5, 5.41) is 3.22. The number of halogens is 1. The van der Waals surface area contributed by atoms with E-state index in [1.807, 2.05) is 6.92 Å². The van der Waals surface area contributed by atoms with Gasteiger partial charge in [0.2, 0.25) is 5.95 Å². The van der Waals surface area contributed by atoms with Crippen molar-refractivity contribution in [2.45, 2.75) is 19.4 Å². The zero-order chi connectivity index (χ0) is 13.0. The maximum Gasteiger partial charge on any atom is 0.221 e. The molecular weight excluding hydrogens is 231 g/mol. The fourth-order valence-electron chi connectivity index (χ4n) is 1.73. The molecule has 1 aromatic carbocycles. The minimum Gasteiger partial charge on any atom is -0.368 e.